The van der Waals surface area contributed by atoms with Crippen molar-refractivity contribution < 1.29 is 13.7 Å². The number of rotatable bonds is 7. The maximum Gasteiger partial charge on any atom is 0.191 e. The average Bonchev–Trinajstić information content (AvgIpc) is 2.83. The largest absolute Gasteiger partial charge is 0.466 e. The number of furan rings is 1. The van der Waals surface area contributed by atoms with Crippen LogP contribution >= 0.6 is 24.0 Å². The van der Waals surface area contributed by atoms with Crippen LogP contribution in [0, 0.1) is 13.8 Å². The number of guanidine groups is 1. The first-order chi connectivity index (χ1) is 11.5. The predicted molar refractivity (Wildman–Crippen MR) is 120 cm³/mol. The second kappa shape index (κ2) is 10.7. The van der Waals surface area contributed by atoms with Crippen molar-refractivity contribution in [3.8, 4) is 0 Å². The smallest absolute Gasteiger partial charge is 0.191 e. The van der Waals surface area contributed by atoms with Gasteiger partial charge < -0.3 is 20.2 Å². The van der Waals surface area contributed by atoms with Crippen LogP contribution < -0.4 is 10.6 Å². The Morgan fingerprint density at radius 3 is 2.35 bits per heavy atom. The Bertz CT molecular complexity index is 622. The molecule has 2 unspecified atom stereocenters. The maximum absolute atomic E-state index is 12.1. The van der Waals surface area contributed by atoms with Crippen LogP contribution in [0.3, 0.4) is 0 Å². The van der Waals surface area contributed by atoms with Gasteiger partial charge in [-0.25, -0.2) is 4.99 Å². The summed E-state index contributed by atoms with van der Waals surface area (Å²) in [6, 6.07) is 1.84. The van der Waals surface area contributed by atoms with Crippen molar-refractivity contribution >= 4 is 40.7 Å². The molecule has 0 amide bonds. The lowest BCUT2D eigenvalue weighted by atomic mass is 9.96. The van der Waals surface area contributed by atoms with E-state index in [1.165, 1.54) is 0 Å². The van der Waals surface area contributed by atoms with Crippen LogP contribution in [0.1, 0.15) is 51.7 Å². The second-order valence-corrected chi connectivity index (χ2v) is 9.71. The van der Waals surface area contributed by atoms with Crippen molar-refractivity contribution in [2.45, 2.75) is 58.8 Å². The molecule has 1 aromatic heterocycles. The predicted octanol–water partition coefficient (Wildman–Crippen LogP) is 2.82. The number of nitrogens with one attached hydrogen (secondary N) is 2. The highest BCUT2D eigenvalue weighted by Crippen LogP contribution is 2.27. The summed E-state index contributed by atoms with van der Waals surface area (Å²) in [6.45, 7) is 14.8. The molecule has 26 heavy (non-hydrogen) atoms. The minimum atomic E-state index is -1.11. The van der Waals surface area contributed by atoms with E-state index < -0.39 is 16.4 Å². The van der Waals surface area contributed by atoms with Gasteiger partial charge in [0.1, 0.15) is 17.1 Å². The minimum Gasteiger partial charge on any atom is -0.466 e. The van der Waals surface area contributed by atoms with Gasteiger partial charge in [-0.2, -0.15) is 0 Å². The van der Waals surface area contributed by atoms with Crippen molar-refractivity contribution in [3.63, 3.8) is 0 Å². The van der Waals surface area contributed by atoms with Crippen molar-refractivity contribution in [3.05, 3.63) is 23.2 Å². The SMILES string of the molecule is CCNC(=NCC(C)(O)c1cc(C)oc1C)NCCS(=O)C(C)(C)C.I. The lowest BCUT2D eigenvalue weighted by molar-refractivity contribution is 0.0657. The molecule has 0 aliphatic carbocycles. The normalized spacial score (nSPS) is 15.8. The zero-order valence-electron chi connectivity index (χ0n) is 16.9. The summed E-state index contributed by atoms with van der Waals surface area (Å²) < 4.78 is 17.4. The van der Waals surface area contributed by atoms with Crippen LogP contribution in [0.25, 0.3) is 0 Å². The first kappa shape index (κ1) is 25.4. The van der Waals surface area contributed by atoms with Crippen molar-refractivity contribution in [2.75, 3.05) is 25.4 Å². The highest BCUT2D eigenvalue weighted by molar-refractivity contribution is 14.0. The standard InChI is InChI=1S/C18H33N3O3S.HI/c1-8-19-16(20-9-10-25(23)17(4,5)6)21-12-18(7,22)15-11-13(2)24-14(15)3;/h11,22H,8-10,12H2,1-7H3,(H2,19,20,21);1H. The third-order valence-corrected chi connectivity index (χ3v) is 5.71. The van der Waals surface area contributed by atoms with E-state index in [-0.39, 0.29) is 35.3 Å². The Morgan fingerprint density at radius 1 is 1.27 bits per heavy atom. The summed E-state index contributed by atoms with van der Waals surface area (Å²) in [5, 5.41) is 17.1. The van der Waals surface area contributed by atoms with Crippen LogP contribution in [0.2, 0.25) is 0 Å². The number of hydrogen-bond acceptors (Lipinski definition) is 4. The van der Waals surface area contributed by atoms with Crippen LogP contribution in [-0.4, -0.2) is 45.4 Å². The molecule has 1 aromatic rings. The summed E-state index contributed by atoms with van der Waals surface area (Å²) in [5.41, 5.74) is -0.364. The van der Waals surface area contributed by atoms with Gasteiger partial charge in [0, 0.05) is 40.0 Å². The third kappa shape index (κ3) is 7.96. The number of nitrogens with zero attached hydrogens (tertiary/aromatic N) is 1. The molecule has 8 heteroatoms. The summed E-state index contributed by atoms with van der Waals surface area (Å²) in [6.07, 6.45) is 0. The lowest BCUT2D eigenvalue weighted by Crippen LogP contribution is -2.41. The number of aryl methyl sites for hydroxylation is 2. The van der Waals surface area contributed by atoms with E-state index in [0.29, 0.717) is 30.6 Å². The third-order valence-electron chi connectivity index (χ3n) is 3.77. The highest BCUT2D eigenvalue weighted by atomic mass is 127. The van der Waals surface area contributed by atoms with Crippen molar-refractivity contribution in [1.82, 2.24) is 10.6 Å². The van der Waals surface area contributed by atoms with Crippen LogP contribution in [-0.2, 0) is 16.4 Å². The maximum atomic E-state index is 12.1. The van der Waals surface area contributed by atoms with Gasteiger partial charge in [0.15, 0.2) is 5.96 Å². The van der Waals surface area contributed by atoms with E-state index in [0.717, 1.165) is 11.3 Å². The molecule has 3 N–H and O–H groups in total. The van der Waals surface area contributed by atoms with Gasteiger partial charge in [0.25, 0.3) is 0 Å². The average molecular weight is 499 g/mol. The molecular weight excluding hydrogens is 465 g/mol. The highest BCUT2D eigenvalue weighted by Gasteiger charge is 2.27. The summed E-state index contributed by atoms with van der Waals surface area (Å²) in [4.78, 5) is 4.47. The van der Waals surface area contributed by atoms with Gasteiger partial charge in [-0.1, -0.05) is 0 Å². The van der Waals surface area contributed by atoms with E-state index in [1.807, 2.05) is 47.6 Å². The molecule has 0 saturated heterocycles. The molecule has 0 spiro atoms. The Morgan fingerprint density at radius 2 is 1.88 bits per heavy atom. The van der Waals surface area contributed by atoms with Crippen molar-refractivity contribution in [2.24, 2.45) is 4.99 Å². The minimum absolute atomic E-state index is 0. The Kier molecular flexibility index (Phi) is 10.4. The van der Waals surface area contributed by atoms with E-state index in [9.17, 15) is 9.32 Å². The molecule has 0 saturated carbocycles. The van der Waals surface area contributed by atoms with Gasteiger partial charge in [0.2, 0.25) is 0 Å². The van der Waals surface area contributed by atoms with E-state index in [2.05, 4.69) is 15.6 Å². The zero-order chi connectivity index (χ0) is 19.3. The molecule has 6 nitrogen and oxygen atoms in total. The van der Waals surface area contributed by atoms with Crippen molar-refractivity contribution in [1.29, 1.82) is 0 Å². The quantitative estimate of drug-likeness (QED) is 0.305. The number of aliphatic imine (C=N–C) groups is 1. The molecule has 152 valence electrons. The number of halogens is 1. The number of hydrogen-bond donors (Lipinski definition) is 3. The summed E-state index contributed by atoms with van der Waals surface area (Å²) in [7, 11) is -0.916. The molecule has 0 aromatic carbocycles. The van der Waals surface area contributed by atoms with Crippen LogP contribution in [0.5, 0.6) is 0 Å². The Balaban J connectivity index is 0.00000625. The molecular formula is C18H34IN3O3S. The number of aliphatic hydroxyl groups is 1. The Hall–Kier alpha value is -0.610. The van der Waals surface area contributed by atoms with Gasteiger partial charge in [-0.15, -0.1) is 24.0 Å². The fourth-order valence-corrected chi connectivity index (χ4v) is 3.29. The Labute approximate surface area is 177 Å². The first-order valence-corrected chi connectivity index (χ1v) is 10.00. The van der Waals surface area contributed by atoms with E-state index >= 15 is 0 Å². The van der Waals surface area contributed by atoms with Gasteiger partial charge >= 0.3 is 0 Å². The fourth-order valence-electron chi connectivity index (χ4n) is 2.39. The molecule has 0 fully saturated rings. The fraction of sp³-hybridized carbons (Fsp3) is 0.722. The summed E-state index contributed by atoms with van der Waals surface area (Å²) >= 11 is 0. The molecule has 0 aliphatic rings. The van der Waals surface area contributed by atoms with Crippen LogP contribution in [0.4, 0.5) is 0 Å². The van der Waals surface area contributed by atoms with Crippen LogP contribution in [0.15, 0.2) is 15.5 Å². The molecule has 1 rings (SSSR count). The lowest BCUT2D eigenvalue weighted by Gasteiger charge is -2.22. The molecule has 0 bridgehead atoms. The summed E-state index contributed by atoms with van der Waals surface area (Å²) in [5.74, 6) is 2.62. The first-order valence-electron chi connectivity index (χ1n) is 8.68. The molecule has 0 aliphatic heterocycles. The van der Waals surface area contributed by atoms with Gasteiger partial charge in [-0.3, -0.25) is 4.21 Å². The van der Waals surface area contributed by atoms with E-state index in [1.54, 1.807) is 6.92 Å². The molecule has 2 atom stereocenters. The molecule has 0 radical (unpaired) electrons. The monoisotopic (exact) mass is 499 g/mol. The second-order valence-electron chi connectivity index (χ2n) is 7.38. The topological polar surface area (TPSA) is 86.9 Å². The van der Waals surface area contributed by atoms with E-state index in [4.69, 9.17) is 4.42 Å². The van der Waals surface area contributed by atoms with Gasteiger partial charge in [0.05, 0.1) is 6.54 Å². The zero-order valence-corrected chi connectivity index (χ0v) is 20.1. The molecule has 1 heterocycles. The van der Waals surface area contributed by atoms with Gasteiger partial charge in [-0.05, 0) is 54.5 Å².